The van der Waals surface area contributed by atoms with Crippen molar-refractivity contribution in [3.05, 3.63) is 66.8 Å². The number of benzene rings is 1. The van der Waals surface area contributed by atoms with E-state index in [0.29, 0.717) is 6.42 Å². The van der Waals surface area contributed by atoms with Crippen molar-refractivity contribution in [1.29, 1.82) is 0 Å². The minimum Gasteiger partial charge on any atom is -0.466 e. The van der Waals surface area contributed by atoms with Crippen molar-refractivity contribution in [2.45, 2.75) is 31.2 Å². The predicted octanol–water partition coefficient (Wildman–Crippen LogP) is 3.48. The Hall–Kier alpha value is -2.18. The Balaban J connectivity index is 2.09. The fraction of sp³-hybridized carbons (Fsp3) is 0.409. The van der Waals surface area contributed by atoms with Crippen LogP contribution < -0.4 is 0 Å². The van der Waals surface area contributed by atoms with Crippen LogP contribution in [-0.4, -0.2) is 37.9 Å². The summed E-state index contributed by atoms with van der Waals surface area (Å²) in [5.74, 6) is -1.14. The summed E-state index contributed by atoms with van der Waals surface area (Å²) in [7, 11) is -3.79. The SMILES string of the molecule is C=CC1=C[C@@H]2C[C@H](C=C)[C@@H](C(=O)OCC)[C@@H]2N(S(=O)(=O)c2ccc(C)cc2)C1. The first kappa shape index (κ1) is 20.6. The lowest BCUT2D eigenvalue weighted by atomic mass is 9.90. The molecule has 1 aromatic rings. The molecule has 6 heteroatoms. The van der Waals surface area contributed by atoms with Crippen molar-refractivity contribution in [3.63, 3.8) is 0 Å². The van der Waals surface area contributed by atoms with Gasteiger partial charge in [0.25, 0.3) is 0 Å². The number of sulfonamides is 1. The Morgan fingerprint density at radius 1 is 1.29 bits per heavy atom. The van der Waals surface area contributed by atoms with Gasteiger partial charge in [-0.25, -0.2) is 8.42 Å². The molecule has 0 spiro atoms. The molecule has 5 nitrogen and oxygen atoms in total. The number of rotatable bonds is 6. The van der Waals surface area contributed by atoms with Crippen molar-refractivity contribution in [1.82, 2.24) is 4.31 Å². The highest BCUT2D eigenvalue weighted by atomic mass is 32.2. The molecular formula is C22H27NO4S. The van der Waals surface area contributed by atoms with Crippen LogP contribution in [0.4, 0.5) is 0 Å². The monoisotopic (exact) mass is 401 g/mol. The van der Waals surface area contributed by atoms with Gasteiger partial charge < -0.3 is 4.74 Å². The summed E-state index contributed by atoms with van der Waals surface area (Å²) in [4.78, 5) is 13.0. The molecule has 0 saturated heterocycles. The van der Waals surface area contributed by atoms with Gasteiger partial charge in [0.2, 0.25) is 10.0 Å². The number of allylic oxidation sites excluding steroid dienone is 1. The molecule has 1 fully saturated rings. The zero-order chi connectivity index (χ0) is 20.5. The van der Waals surface area contributed by atoms with Gasteiger partial charge in [-0.3, -0.25) is 4.79 Å². The molecule has 28 heavy (non-hydrogen) atoms. The summed E-state index contributed by atoms with van der Waals surface area (Å²) < 4.78 is 33.8. The smallest absolute Gasteiger partial charge is 0.311 e. The maximum Gasteiger partial charge on any atom is 0.311 e. The van der Waals surface area contributed by atoms with E-state index in [2.05, 4.69) is 19.2 Å². The molecular weight excluding hydrogens is 374 g/mol. The number of hydrogen-bond acceptors (Lipinski definition) is 4. The highest BCUT2D eigenvalue weighted by molar-refractivity contribution is 7.89. The van der Waals surface area contributed by atoms with Crippen LogP contribution in [0.2, 0.25) is 0 Å². The Kier molecular flexibility index (Phi) is 5.91. The molecule has 1 heterocycles. The van der Waals surface area contributed by atoms with Gasteiger partial charge in [0, 0.05) is 12.6 Å². The topological polar surface area (TPSA) is 63.7 Å². The Morgan fingerprint density at radius 3 is 2.54 bits per heavy atom. The van der Waals surface area contributed by atoms with Crippen LogP contribution in [0.3, 0.4) is 0 Å². The molecule has 2 aliphatic rings. The molecule has 0 unspecified atom stereocenters. The van der Waals surface area contributed by atoms with Crippen LogP contribution in [0.15, 0.2) is 66.1 Å². The van der Waals surface area contributed by atoms with Gasteiger partial charge >= 0.3 is 5.97 Å². The van der Waals surface area contributed by atoms with Crippen LogP contribution in [-0.2, 0) is 19.6 Å². The summed E-state index contributed by atoms with van der Waals surface area (Å²) >= 11 is 0. The van der Waals surface area contributed by atoms with Crippen LogP contribution in [0.1, 0.15) is 18.9 Å². The zero-order valence-corrected chi connectivity index (χ0v) is 17.2. The minimum atomic E-state index is -3.79. The number of carbonyl (C=O) groups is 1. The number of carbonyl (C=O) groups excluding carboxylic acids is 1. The fourth-order valence-corrected chi connectivity index (χ4v) is 5.99. The zero-order valence-electron chi connectivity index (χ0n) is 16.4. The summed E-state index contributed by atoms with van der Waals surface area (Å²) in [5, 5.41) is 0. The van der Waals surface area contributed by atoms with E-state index in [1.807, 2.05) is 6.92 Å². The van der Waals surface area contributed by atoms with E-state index < -0.39 is 22.0 Å². The molecule has 3 rings (SSSR count). The molecule has 0 radical (unpaired) electrons. The lowest BCUT2D eigenvalue weighted by Gasteiger charge is -2.38. The summed E-state index contributed by atoms with van der Waals surface area (Å²) in [6, 6.07) is 6.30. The summed E-state index contributed by atoms with van der Waals surface area (Å²) in [5.41, 5.74) is 1.84. The third kappa shape index (κ3) is 3.59. The molecule has 1 aromatic carbocycles. The van der Waals surface area contributed by atoms with E-state index in [1.54, 1.807) is 43.3 Å². The highest BCUT2D eigenvalue weighted by Crippen LogP contribution is 2.46. The highest BCUT2D eigenvalue weighted by Gasteiger charge is 2.53. The predicted molar refractivity (Wildman–Crippen MR) is 109 cm³/mol. The van der Waals surface area contributed by atoms with Crippen LogP contribution in [0.5, 0.6) is 0 Å². The average Bonchev–Trinajstić information content (AvgIpc) is 3.06. The molecule has 0 aromatic heterocycles. The van der Waals surface area contributed by atoms with E-state index in [4.69, 9.17) is 4.74 Å². The van der Waals surface area contributed by atoms with Crippen LogP contribution in [0, 0.1) is 24.7 Å². The molecule has 0 N–H and O–H groups in total. The van der Waals surface area contributed by atoms with Crippen LogP contribution in [0.25, 0.3) is 0 Å². The van der Waals surface area contributed by atoms with Gasteiger partial charge in [0.15, 0.2) is 0 Å². The first-order valence-corrected chi connectivity index (χ1v) is 11.0. The maximum atomic E-state index is 13.5. The van der Waals surface area contributed by atoms with Gasteiger partial charge in [-0.2, -0.15) is 4.31 Å². The second kappa shape index (κ2) is 8.05. The fourth-order valence-electron chi connectivity index (χ4n) is 4.31. The first-order chi connectivity index (χ1) is 13.3. The molecule has 1 aliphatic carbocycles. The van der Waals surface area contributed by atoms with E-state index in [1.165, 1.54) is 4.31 Å². The van der Waals surface area contributed by atoms with Crippen LogP contribution >= 0.6 is 0 Å². The third-order valence-electron chi connectivity index (χ3n) is 5.66. The lowest BCUT2D eigenvalue weighted by Crippen LogP contribution is -2.50. The van der Waals surface area contributed by atoms with Crippen molar-refractivity contribution in [3.8, 4) is 0 Å². The number of fused-ring (bicyclic) bond motifs is 1. The number of esters is 1. The van der Waals surface area contributed by atoms with Gasteiger partial charge in [-0.05, 0) is 49.8 Å². The first-order valence-electron chi connectivity index (χ1n) is 9.54. The second-order valence-electron chi connectivity index (χ2n) is 7.38. The van der Waals surface area contributed by atoms with Gasteiger partial charge in [0.05, 0.1) is 17.4 Å². The van der Waals surface area contributed by atoms with E-state index in [9.17, 15) is 13.2 Å². The van der Waals surface area contributed by atoms with E-state index in [-0.39, 0.29) is 35.9 Å². The molecule has 4 atom stereocenters. The van der Waals surface area contributed by atoms with Crippen molar-refractivity contribution in [2.24, 2.45) is 17.8 Å². The van der Waals surface area contributed by atoms with Gasteiger partial charge in [0.1, 0.15) is 0 Å². The van der Waals surface area contributed by atoms with Gasteiger partial charge in [-0.15, -0.1) is 6.58 Å². The largest absolute Gasteiger partial charge is 0.466 e. The minimum absolute atomic E-state index is 0.0839. The number of nitrogens with zero attached hydrogens (tertiary/aromatic N) is 1. The van der Waals surface area contributed by atoms with Crippen molar-refractivity contribution < 1.29 is 17.9 Å². The molecule has 0 bridgehead atoms. The van der Waals surface area contributed by atoms with Crippen molar-refractivity contribution in [2.75, 3.05) is 13.2 Å². The van der Waals surface area contributed by atoms with Crippen molar-refractivity contribution >= 4 is 16.0 Å². The number of aryl methyl sites for hydroxylation is 1. The number of hydrogen-bond donors (Lipinski definition) is 0. The molecule has 1 aliphatic heterocycles. The second-order valence-corrected chi connectivity index (χ2v) is 9.27. The summed E-state index contributed by atoms with van der Waals surface area (Å²) in [6.07, 6.45) is 6.15. The van der Waals surface area contributed by atoms with E-state index >= 15 is 0 Å². The standard InChI is InChI=1S/C22H27NO4S/c1-5-16-12-18-13-17(6-2)20(22(24)27-7-3)21(18)23(14-16)28(25,26)19-10-8-15(4)9-11-19/h5-6,8-12,17-18,20-21H,1-2,7,13-14H2,3-4H3/t17-,18+,20+,21+/m0/s1. The maximum absolute atomic E-state index is 13.5. The Bertz CT molecular complexity index is 901. The van der Waals surface area contributed by atoms with E-state index in [0.717, 1.165) is 11.1 Å². The Morgan fingerprint density at radius 2 is 1.96 bits per heavy atom. The van der Waals surface area contributed by atoms with Gasteiger partial charge in [-0.1, -0.05) is 42.5 Å². The average molecular weight is 402 g/mol. The molecule has 150 valence electrons. The number of ether oxygens (including phenoxy) is 1. The normalized spacial score (nSPS) is 27.6. The summed E-state index contributed by atoms with van der Waals surface area (Å²) in [6.45, 7) is 11.8. The Labute approximate surface area is 167 Å². The molecule has 1 saturated carbocycles. The molecule has 0 amide bonds. The third-order valence-corrected chi connectivity index (χ3v) is 7.52. The quantitative estimate of drug-likeness (QED) is 0.541. The lowest BCUT2D eigenvalue weighted by molar-refractivity contribution is -0.150.